The maximum atomic E-state index is 12.3. The number of anilines is 3. The van der Waals surface area contributed by atoms with E-state index in [4.69, 9.17) is 0 Å². The molecule has 0 radical (unpaired) electrons. The van der Waals surface area contributed by atoms with Crippen molar-refractivity contribution in [3.63, 3.8) is 0 Å². The lowest BCUT2D eigenvalue weighted by atomic mass is 10.1. The SMILES string of the molecule is CCc1cccc(NC(=O)C[NH+](CC)CC(=O)Nc2ccc(NC(C)=O)cc2)c1. The van der Waals surface area contributed by atoms with E-state index >= 15 is 0 Å². The van der Waals surface area contributed by atoms with Crippen LogP contribution in [0.1, 0.15) is 26.3 Å². The van der Waals surface area contributed by atoms with Gasteiger partial charge in [0.15, 0.2) is 13.1 Å². The molecular weight excluding hydrogens is 368 g/mol. The fourth-order valence-corrected chi connectivity index (χ4v) is 2.89. The van der Waals surface area contributed by atoms with Crippen LogP contribution in [-0.2, 0) is 20.8 Å². The number of nitrogens with one attached hydrogen (secondary N) is 4. The number of hydrogen-bond acceptors (Lipinski definition) is 3. The highest BCUT2D eigenvalue weighted by atomic mass is 16.2. The molecule has 2 aromatic rings. The van der Waals surface area contributed by atoms with Crippen molar-refractivity contribution in [3.05, 3.63) is 54.1 Å². The fourth-order valence-electron chi connectivity index (χ4n) is 2.89. The summed E-state index contributed by atoms with van der Waals surface area (Å²) >= 11 is 0. The highest BCUT2D eigenvalue weighted by Gasteiger charge is 2.17. The minimum absolute atomic E-state index is 0.123. The van der Waals surface area contributed by atoms with Crippen molar-refractivity contribution in [3.8, 4) is 0 Å². The summed E-state index contributed by atoms with van der Waals surface area (Å²) in [5.41, 5.74) is 3.24. The Labute approximate surface area is 171 Å². The number of aryl methyl sites for hydroxylation is 1. The predicted molar refractivity (Wildman–Crippen MR) is 115 cm³/mol. The van der Waals surface area contributed by atoms with Crippen LogP contribution < -0.4 is 20.9 Å². The first-order chi connectivity index (χ1) is 13.9. The number of hydrogen-bond donors (Lipinski definition) is 4. The van der Waals surface area contributed by atoms with Gasteiger partial charge in [-0.25, -0.2) is 0 Å². The van der Waals surface area contributed by atoms with Crippen molar-refractivity contribution < 1.29 is 19.3 Å². The van der Waals surface area contributed by atoms with Crippen LogP contribution in [0.3, 0.4) is 0 Å². The number of likely N-dealkylation sites (N-methyl/N-ethyl adjacent to an activating group) is 1. The topological polar surface area (TPSA) is 91.7 Å². The molecule has 7 heteroatoms. The molecule has 0 aliphatic rings. The molecule has 4 N–H and O–H groups in total. The number of rotatable bonds is 9. The molecule has 0 fully saturated rings. The number of quaternary nitrogens is 1. The summed E-state index contributed by atoms with van der Waals surface area (Å²) < 4.78 is 0. The Morgan fingerprint density at radius 1 is 0.793 bits per heavy atom. The highest BCUT2D eigenvalue weighted by molar-refractivity contribution is 5.94. The van der Waals surface area contributed by atoms with Crippen molar-refractivity contribution in [2.24, 2.45) is 0 Å². The standard InChI is InChI=1S/C22H28N4O3/c1-4-17-7-6-8-20(13-17)25-22(29)15-26(5-2)14-21(28)24-19-11-9-18(10-12-19)23-16(3)27/h6-13H,4-5,14-15H2,1-3H3,(H,23,27)(H,24,28)(H,25,29)/p+1. The summed E-state index contributed by atoms with van der Waals surface area (Å²) in [6.45, 7) is 6.49. The van der Waals surface area contributed by atoms with Gasteiger partial charge in [-0.3, -0.25) is 14.4 Å². The van der Waals surface area contributed by atoms with Crippen molar-refractivity contribution in [2.75, 3.05) is 35.6 Å². The molecule has 0 aliphatic carbocycles. The Morgan fingerprint density at radius 3 is 1.86 bits per heavy atom. The molecule has 0 bridgehead atoms. The minimum atomic E-state index is -0.171. The summed E-state index contributed by atoms with van der Waals surface area (Å²) in [6.07, 6.45) is 0.905. The molecule has 29 heavy (non-hydrogen) atoms. The van der Waals surface area contributed by atoms with E-state index < -0.39 is 0 Å². The molecule has 1 unspecified atom stereocenters. The maximum Gasteiger partial charge on any atom is 0.279 e. The van der Waals surface area contributed by atoms with E-state index in [0.29, 0.717) is 17.9 Å². The van der Waals surface area contributed by atoms with E-state index in [0.717, 1.165) is 22.6 Å². The highest BCUT2D eigenvalue weighted by Crippen LogP contribution is 2.13. The van der Waals surface area contributed by atoms with Gasteiger partial charge in [0.2, 0.25) is 5.91 Å². The van der Waals surface area contributed by atoms with Gasteiger partial charge in [-0.15, -0.1) is 0 Å². The molecular formula is C22H29N4O3+. The summed E-state index contributed by atoms with van der Waals surface area (Å²) in [7, 11) is 0. The average Bonchev–Trinajstić information content (AvgIpc) is 2.68. The lowest BCUT2D eigenvalue weighted by molar-refractivity contribution is -0.881. The van der Waals surface area contributed by atoms with E-state index in [2.05, 4.69) is 22.9 Å². The van der Waals surface area contributed by atoms with E-state index in [9.17, 15) is 14.4 Å². The van der Waals surface area contributed by atoms with Crippen LogP contribution in [0.25, 0.3) is 0 Å². The van der Waals surface area contributed by atoms with Gasteiger partial charge in [0.25, 0.3) is 11.8 Å². The first-order valence-corrected chi connectivity index (χ1v) is 9.79. The monoisotopic (exact) mass is 397 g/mol. The molecule has 3 amide bonds. The summed E-state index contributed by atoms with van der Waals surface area (Å²) in [4.78, 5) is 36.6. The van der Waals surface area contributed by atoms with Crippen LogP contribution in [0.2, 0.25) is 0 Å². The molecule has 2 aromatic carbocycles. The van der Waals surface area contributed by atoms with Gasteiger partial charge >= 0.3 is 0 Å². The van der Waals surface area contributed by atoms with Crippen LogP contribution >= 0.6 is 0 Å². The predicted octanol–water partition coefficient (Wildman–Crippen LogP) is 1.69. The summed E-state index contributed by atoms with van der Waals surface area (Å²) in [6, 6.07) is 14.7. The van der Waals surface area contributed by atoms with Crippen molar-refractivity contribution >= 4 is 34.8 Å². The quantitative estimate of drug-likeness (QED) is 0.519. The van der Waals surface area contributed by atoms with Crippen LogP contribution in [0.15, 0.2) is 48.5 Å². The van der Waals surface area contributed by atoms with Crippen molar-refractivity contribution in [1.82, 2.24) is 0 Å². The molecule has 1 atom stereocenters. The minimum Gasteiger partial charge on any atom is -0.326 e. The van der Waals surface area contributed by atoms with E-state index in [1.807, 2.05) is 31.2 Å². The Kier molecular flexibility index (Phi) is 8.36. The summed E-state index contributed by atoms with van der Waals surface area (Å²) in [5, 5.41) is 8.40. The van der Waals surface area contributed by atoms with Crippen LogP contribution in [-0.4, -0.2) is 37.4 Å². The molecule has 0 aromatic heterocycles. The summed E-state index contributed by atoms with van der Waals surface area (Å²) in [5.74, 6) is -0.443. The van der Waals surface area contributed by atoms with E-state index in [-0.39, 0.29) is 30.8 Å². The van der Waals surface area contributed by atoms with Crippen LogP contribution in [0.4, 0.5) is 17.1 Å². The van der Waals surface area contributed by atoms with Crippen molar-refractivity contribution in [1.29, 1.82) is 0 Å². The molecule has 0 saturated carbocycles. The zero-order chi connectivity index (χ0) is 21.2. The second-order valence-electron chi connectivity index (χ2n) is 6.87. The normalized spacial score (nSPS) is 11.4. The van der Waals surface area contributed by atoms with Gasteiger partial charge in [-0.1, -0.05) is 19.1 Å². The Bertz CT molecular complexity index is 849. The second kappa shape index (κ2) is 11.0. The number of carbonyl (C=O) groups is 3. The molecule has 2 rings (SSSR count). The van der Waals surface area contributed by atoms with Crippen LogP contribution in [0, 0.1) is 0 Å². The van der Waals surface area contributed by atoms with Gasteiger partial charge in [0.1, 0.15) is 0 Å². The first kappa shape index (κ1) is 22.1. The van der Waals surface area contributed by atoms with Gasteiger partial charge in [0, 0.05) is 24.0 Å². The van der Waals surface area contributed by atoms with Crippen LogP contribution in [0.5, 0.6) is 0 Å². The first-order valence-electron chi connectivity index (χ1n) is 9.79. The fraction of sp³-hybridized carbons (Fsp3) is 0.318. The zero-order valence-electron chi connectivity index (χ0n) is 17.2. The Morgan fingerprint density at radius 2 is 1.34 bits per heavy atom. The van der Waals surface area contributed by atoms with Gasteiger partial charge in [-0.2, -0.15) is 0 Å². The van der Waals surface area contributed by atoms with Gasteiger partial charge in [0.05, 0.1) is 6.54 Å². The Balaban J connectivity index is 1.85. The van der Waals surface area contributed by atoms with Gasteiger partial charge in [-0.05, 0) is 55.3 Å². The molecule has 0 spiro atoms. The van der Waals surface area contributed by atoms with Gasteiger partial charge < -0.3 is 20.9 Å². The third-order valence-corrected chi connectivity index (χ3v) is 4.43. The largest absolute Gasteiger partial charge is 0.326 e. The zero-order valence-corrected chi connectivity index (χ0v) is 17.2. The van der Waals surface area contributed by atoms with Crippen molar-refractivity contribution in [2.45, 2.75) is 27.2 Å². The smallest absolute Gasteiger partial charge is 0.279 e. The van der Waals surface area contributed by atoms with E-state index in [1.165, 1.54) is 6.92 Å². The molecule has 154 valence electrons. The number of carbonyl (C=O) groups excluding carboxylic acids is 3. The molecule has 7 nitrogen and oxygen atoms in total. The number of benzene rings is 2. The third kappa shape index (κ3) is 7.75. The lowest BCUT2D eigenvalue weighted by Gasteiger charge is -2.17. The maximum absolute atomic E-state index is 12.3. The molecule has 0 heterocycles. The average molecular weight is 397 g/mol. The lowest BCUT2D eigenvalue weighted by Crippen LogP contribution is -3.13. The number of amides is 3. The van der Waals surface area contributed by atoms with E-state index in [1.54, 1.807) is 24.3 Å². The molecule has 0 saturated heterocycles. The second-order valence-corrected chi connectivity index (χ2v) is 6.87. The third-order valence-electron chi connectivity index (χ3n) is 4.43. The molecule has 0 aliphatic heterocycles. The Hall–Kier alpha value is -3.19.